The molecule has 0 aliphatic heterocycles. The zero-order valence-electron chi connectivity index (χ0n) is 14.0. The Kier molecular flexibility index (Phi) is 13.1. The molecule has 0 amide bonds. The Morgan fingerprint density at radius 2 is 0.947 bits per heavy atom. The van der Waals surface area contributed by atoms with E-state index in [0.29, 0.717) is 0 Å². The van der Waals surface area contributed by atoms with Crippen molar-refractivity contribution in [2.75, 3.05) is 0 Å². The second-order valence-corrected chi connectivity index (χ2v) is 6.40. The first-order chi connectivity index (χ1) is 9.18. The second-order valence-electron chi connectivity index (χ2n) is 6.40. The maximum absolute atomic E-state index is 6.52. The van der Waals surface area contributed by atoms with Gasteiger partial charge < -0.3 is 0 Å². The summed E-state index contributed by atoms with van der Waals surface area (Å²) in [6.45, 7) is 6.81. The van der Waals surface area contributed by atoms with Gasteiger partial charge in [0.1, 0.15) is 0 Å². The molecule has 0 saturated heterocycles. The van der Waals surface area contributed by atoms with Crippen LogP contribution in [0.3, 0.4) is 0 Å². The third kappa shape index (κ3) is 11.6. The molecule has 1 unspecified atom stereocenters. The van der Waals surface area contributed by atoms with Gasteiger partial charge in [0, 0.05) is 0 Å². The summed E-state index contributed by atoms with van der Waals surface area (Å²) in [5.74, 6) is 0. The molecule has 0 aromatic carbocycles. The van der Waals surface area contributed by atoms with Crippen molar-refractivity contribution in [3.8, 4) is 0 Å². The Bertz CT molecular complexity index is 179. The molecule has 2 radical (unpaired) electrons. The summed E-state index contributed by atoms with van der Waals surface area (Å²) in [5.41, 5.74) is 0. The fraction of sp³-hybridized carbons (Fsp3) is 1.00. The lowest BCUT2D eigenvalue weighted by Gasteiger charge is -2.29. The second kappa shape index (κ2) is 13.1. The summed E-state index contributed by atoms with van der Waals surface area (Å²) in [6, 6.07) is 0. The zero-order valence-corrected chi connectivity index (χ0v) is 14.0. The Morgan fingerprint density at radius 1 is 0.579 bits per heavy atom. The van der Waals surface area contributed by atoms with E-state index in [0.717, 1.165) is 6.42 Å². The van der Waals surface area contributed by atoms with Crippen LogP contribution in [0, 0.1) is 0 Å². The van der Waals surface area contributed by atoms with Crippen molar-refractivity contribution in [2.45, 2.75) is 116 Å². The molecule has 0 heterocycles. The first-order valence-corrected chi connectivity index (χ1v) is 8.97. The van der Waals surface area contributed by atoms with Gasteiger partial charge in [0.15, 0.2) is 0 Å². The lowest BCUT2D eigenvalue weighted by molar-refractivity contribution is 0.416. The van der Waals surface area contributed by atoms with Crippen LogP contribution in [0.4, 0.5) is 0 Å². The topological polar surface area (TPSA) is 0 Å². The Morgan fingerprint density at radius 3 is 1.42 bits per heavy atom. The maximum Gasteiger partial charge on any atom is 0.0746 e. The molecule has 0 rings (SSSR count). The summed E-state index contributed by atoms with van der Waals surface area (Å²) in [6.07, 6.45) is 18.8. The van der Waals surface area contributed by atoms with E-state index in [1.54, 1.807) is 0 Å². The van der Waals surface area contributed by atoms with Crippen LogP contribution in [0.1, 0.15) is 111 Å². The van der Waals surface area contributed by atoms with Crippen LogP contribution < -0.4 is 0 Å². The Balaban J connectivity index is 3.49. The van der Waals surface area contributed by atoms with E-state index in [4.69, 9.17) is 7.85 Å². The van der Waals surface area contributed by atoms with Crippen LogP contribution in [-0.4, -0.2) is 7.85 Å². The van der Waals surface area contributed by atoms with Crippen molar-refractivity contribution in [3.05, 3.63) is 0 Å². The number of hydrogen-bond donors (Lipinski definition) is 0. The molecule has 0 aromatic heterocycles. The van der Waals surface area contributed by atoms with E-state index >= 15 is 0 Å². The highest BCUT2D eigenvalue weighted by molar-refractivity contribution is 6.15. The molecule has 1 heteroatoms. The molecule has 0 aliphatic carbocycles. The summed E-state index contributed by atoms with van der Waals surface area (Å²) in [7, 11) is 6.52. The van der Waals surface area contributed by atoms with Gasteiger partial charge in [-0.2, -0.15) is 0 Å². The summed E-state index contributed by atoms with van der Waals surface area (Å²) in [5, 5.41) is 0.136. The molecule has 0 spiro atoms. The standard InChI is InChI=1S/C18H37B/c1-4-7-9-10-11-12-13-15-17-18(19,6-3)16-14-8-5-2/h4-17H2,1-3H3. The van der Waals surface area contributed by atoms with Gasteiger partial charge in [-0.25, -0.2) is 0 Å². The van der Waals surface area contributed by atoms with E-state index in [2.05, 4.69) is 20.8 Å². The summed E-state index contributed by atoms with van der Waals surface area (Å²) in [4.78, 5) is 0. The lowest BCUT2D eigenvalue weighted by Crippen LogP contribution is -2.11. The van der Waals surface area contributed by atoms with E-state index < -0.39 is 0 Å². The molecule has 1 atom stereocenters. The summed E-state index contributed by atoms with van der Waals surface area (Å²) >= 11 is 0. The normalized spacial score (nSPS) is 14.5. The smallest absolute Gasteiger partial charge is 0.0663 e. The highest BCUT2D eigenvalue weighted by Gasteiger charge is 2.19. The van der Waals surface area contributed by atoms with E-state index in [1.165, 1.54) is 83.5 Å². The highest BCUT2D eigenvalue weighted by Crippen LogP contribution is 2.38. The van der Waals surface area contributed by atoms with Crippen LogP contribution in [-0.2, 0) is 0 Å². The molecule has 19 heavy (non-hydrogen) atoms. The van der Waals surface area contributed by atoms with Gasteiger partial charge >= 0.3 is 0 Å². The monoisotopic (exact) mass is 264 g/mol. The molecule has 0 aliphatic rings. The van der Waals surface area contributed by atoms with Crippen molar-refractivity contribution in [2.24, 2.45) is 0 Å². The molecular weight excluding hydrogens is 227 g/mol. The third-order valence-corrected chi connectivity index (χ3v) is 4.51. The average Bonchev–Trinajstić information content (AvgIpc) is 2.42. The molecule has 0 bridgehead atoms. The Labute approximate surface area is 124 Å². The van der Waals surface area contributed by atoms with Gasteiger partial charge in [-0.1, -0.05) is 116 Å². The molecular formula is C18H37B. The van der Waals surface area contributed by atoms with Crippen molar-refractivity contribution in [3.63, 3.8) is 0 Å². The minimum atomic E-state index is 0.136. The van der Waals surface area contributed by atoms with Crippen LogP contribution in [0.25, 0.3) is 0 Å². The molecule has 0 fully saturated rings. The fourth-order valence-corrected chi connectivity index (χ4v) is 2.82. The first kappa shape index (κ1) is 19.1. The molecule has 0 N–H and O–H groups in total. The number of unbranched alkanes of at least 4 members (excludes halogenated alkanes) is 9. The van der Waals surface area contributed by atoms with Crippen molar-refractivity contribution in [1.82, 2.24) is 0 Å². The van der Waals surface area contributed by atoms with Gasteiger partial charge in [0.25, 0.3) is 0 Å². The molecule has 112 valence electrons. The van der Waals surface area contributed by atoms with Gasteiger partial charge in [-0.05, 0) is 0 Å². The maximum atomic E-state index is 6.52. The van der Waals surface area contributed by atoms with Crippen LogP contribution in [0.15, 0.2) is 0 Å². The number of hydrogen-bond acceptors (Lipinski definition) is 0. The first-order valence-electron chi connectivity index (χ1n) is 8.97. The largest absolute Gasteiger partial charge is 0.0746 e. The SMILES string of the molecule is [B]C(CC)(CCCCC)CCCCCCCCCC. The average molecular weight is 264 g/mol. The van der Waals surface area contributed by atoms with Gasteiger partial charge in [-0.15, -0.1) is 0 Å². The predicted molar refractivity (Wildman–Crippen MR) is 90.1 cm³/mol. The fourth-order valence-electron chi connectivity index (χ4n) is 2.82. The number of rotatable bonds is 14. The molecule has 0 nitrogen and oxygen atoms in total. The zero-order chi connectivity index (χ0) is 14.4. The van der Waals surface area contributed by atoms with Gasteiger partial charge in [0.05, 0.1) is 7.85 Å². The van der Waals surface area contributed by atoms with Crippen LogP contribution >= 0.6 is 0 Å². The Hall–Kier alpha value is 0.0649. The van der Waals surface area contributed by atoms with Crippen molar-refractivity contribution in [1.29, 1.82) is 0 Å². The minimum Gasteiger partial charge on any atom is -0.0663 e. The third-order valence-electron chi connectivity index (χ3n) is 4.51. The van der Waals surface area contributed by atoms with Crippen LogP contribution in [0.5, 0.6) is 0 Å². The van der Waals surface area contributed by atoms with Crippen molar-refractivity contribution >= 4 is 7.85 Å². The minimum absolute atomic E-state index is 0.136. The molecule has 0 saturated carbocycles. The molecule has 0 aromatic rings. The quantitative estimate of drug-likeness (QED) is 0.238. The lowest BCUT2D eigenvalue weighted by atomic mass is 9.61. The highest BCUT2D eigenvalue weighted by atomic mass is 14.2. The van der Waals surface area contributed by atoms with Crippen LogP contribution in [0.2, 0.25) is 5.31 Å². The summed E-state index contributed by atoms with van der Waals surface area (Å²) < 4.78 is 0. The van der Waals surface area contributed by atoms with Gasteiger partial charge in [-0.3, -0.25) is 0 Å². The van der Waals surface area contributed by atoms with E-state index in [1.807, 2.05) is 0 Å². The van der Waals surface area contributed by atoms with Gasteiger partial charge in [0.2, 0.25) is 0 Å². The van der Waals surface area contributed by atoms with E-state index in [-0.39, 0.29) is 5.31 Å². The predicted octanol–water partition coefficient (Wildman–Crippen LogP) is 6.83. The van der Waals surface area contributed by atoms with E-state index in [9.17, 15) is 0 Å². The van der Waals surface area contributed by atoms with Crippen molar-refractivity contribution < 1.29 is 0 Å².